The number of nitrogens with one attached hydrogen (secondary N) is 1. The second-order valence-corrected chi connectivity index (χ2v) is 4.75. The molecule has 1 amide bonds. The van der Waals surface area contributed by atoms with Crippen molar-refractivity contribution in [1.82, 2.24) is 5.32 Å². The van der Waals surface area contributed by atoms with Crippen LogP contribution in [0.4, 0.5) is 8.78 Å². The fraction of sp³-hybridized carbons (Fsp3) is 0.364. The highest BCUT2D eigenvalue weighted by Crippen LogP contribution is 2.28. The Morgan fingerprint density at radius 3 is 2.62 bits per heavy atom. The number of amides is 1. The van der Waals surface area contributed by atoms with Gasteiger partial charge >= 0.3 is 0 Å². The highest BCUT2D eigenvalue weighted by Gasteiger charge is 2.22. The Morgan fingerprint density at radius 1 is 1.38 bits per heavy atom. The molecule has 0 aromatic heterocycles. The molecule has 0 aliphatic heterocycles. The van der Waals surface area contributed by atoms with Crippen LogP contribution in [0, 0.1) is 17.6 Å². The van der Waals surface area contributed by atoms with Crippen molar-refractivity contribution in [1.29, 1.82) is 0 Å². The molecular weight excluding hydrogens is 280 g/mol. The first-order chi connectivity index (χ1) is 7.58. The maximum atomic E-state index is 13.0. The zero-order chi connectivity index (χ0) is 11.7. The monoisotopic (exact) mass is 289 g/mol. The van der Waals surface area contributed by atoms with Crippen LogP contribution in [0.3, 0.4) is 0 Å². The second-order valence-electron chi connectivity index (χ2n) is 3.90. The molecule has 2 rings (SSSR count). The van der Waals surface area contributed by atoms with E-state index in [1.807, 2.05) is 0 Å². The van der Waals surface area contributed by atoms with Gasteiger partial charge in [-0.15, -0.1) is 0 Å². The quantitative estimate of drug-likeness (QED) is 0.852. The average molecular weight is 290 g/mol. The van der Waals surface area contributed by atoms with E-state index in [0.717, 1.165) is 25.0 Å². The number of halogens is 3. The Morgan fingerprint density at radius 2 is 2.00 bits per heavy atom. The normalized spacial score (nSPS) is 14.9. The number of hydrogen-bond acceptors (Lipinski definition) is 1. The zero-order valence-corrected chi connectivity index (χ0v) is 9.98. The topological polar surface area (TPSA) is 29.1 Å². The molecule has 0 unspecified atom stereocenters. The van der Waals surface area contributed by atoms with E-state index in [9.17, 15) is 13.6 Å². The molecule has 1 aliphatic rings. The zero-order valence-electron chi connectivity index (χ0n) is 8.40. The largest absolute Gasteiger partial charge is 0.352 e. The summed E-state index contributed by atoms with van der Waals surface area (Å²) in [5.74, 6) is -1.81. The van der Waals surface area contributed by atoms with Gasteiger partial charge in [-0.25, -0.2) is 8.78 Å². The van der Waals surface area contributed by atoms with E-state index in [1.54, 1.807) is 0 Å². The first-order valence-corrected chi connectivity index (χ1v) is 5.80. The minimum Gasteiger partial charge on any atom is -0.352 e. The summed E-state index contributed by atoms with van der Waals surface area (Å²) in [5.41, 5.74) is 0.125. The summed E-state index contributed by atoms with van der Waals surface area (Å²) >= 11 is 3.04. The summed E-state index contributed by atoms with van der Waals surface area (Å²) < 4.78 is 26.0. The van der Waals surface area contributed by atoms with Gasteiger partial charge in [-0.1, -0.05) is 0 Å². The first kappa shape index (κ1) is 11.5. The van der Waals surface area contributed by atoms with E-state index in [0.29, 0.717) is 12.5 Å². The van der Waals surface area contributed by atoms with E-state index in [2.05, 4.69) is 21.2 Å². The third kappa shape index (κ3) is 2.58. The summed E-state index contributed by atoms with van der Waals surface area (Å²) in [6, 6.07) is 1.86. The molecule has 2 nitrogen and oxygen atoms in total. The summed E-state index contributed by atoms with van der Waals surface area (Å²) in [6.07, 6.45) is 2.25. The van der Waals surface area contributed by atoms with Gasteiger partial charge in [0.2, 0.25) is 0 Å². The van der Waals surface area contributed by atoms with E-state index in [1.165, 1.54) is 0 Å². The Balaban J connectivity index is 2.11. The van der Waals surface area contributed by atoms with Gasteiger partial charge in [-0.3, -0.25) is 4.79 Å². The Labute approximate surface area is 100 Å². The standard InChI is InChI=1S/C11H10BrF2NO/c12-8-4-10(14)9(13)3-7(8)11(16)15-5-6-1-2-6/h3-4,6H,1-2,5H2,(H,15,16). The summed E-state index contributed by atoms with van der Waals surface area (Å²) in [7, 11) is 0. The molecule has 0 saturated heterocycles. The van der Waals surface area contributed by atoms with Crippen molar-refractivity contribution in [3.63, 3.8) is 0 Å². The van der Waals surface area contributed by atoms with Gasteiger partial charge in [-0.2, -0.15) is 0 Å². The lowest BCUT2D eigenvalue weighted by Gasteiger charge is -2.06. The molecule has 1 aromatic carbocycles. The van der Waals surface area contributed by atoms with Gasteiger partial charge in [0.05, 0.1) is 5.56 Å². The molecule has 0 bridgehead atoms. The highest BCUT2D eigenvalue weighted by molar-refractivity contribution is 9.10. The van der Waals surface area contributed by atoms with Crippen LogP contribution in [0.15, 0.2) is 16.6 Å². The van der Waals surface area contributed by atoms with Crippen molar-refractivity contribution in [3.05, 3.63) is 33.8 Å². The molecule has 1 fully saturated rings. The van der Waals surface area contributed by atoms with Crippen molar-refractivity contribution in [3.8, 4) is 0 Å². The van der Waals surface area contributed by atoms with E-state index < -0.39 is 11.6 Å². The number of carbonyl (C=O) groups is 1. The van der Waals surface area contributed by atoms with Crippen LogP contribution in [0.25, 0.3) is 0 Å². The van der Waals surface area contributed by atoms with E-state index in [4.69, 9.17) is 0 Å². The fourth-order valence-electron chi connectivity index (χ4n) is 1.35. The average Bonchev–Trinajstić information content (AvgIpc) is 3.03. The molecule has 1 aliphatic carbocycles. The second kappa shape index (κ2) is 4.49. The minimum atomic E-state index is -1.01. The van der Waals surface area contributed by atoms with Crippen LogP contribution < -0.4 is 5.32 Å². The smallest absolute Gasteiger partial charge is 0.252 e. The van der Waals surface area contributed by atoms with Crippen molar-refractivity contribution in [2.45, 2.75) is 12.8 Å². The van der Waals surface area contributed by atoms with Gasteiger partial charge in [0, 0.05) is 11.0 Å². The molecule has 0 atom stereocenters. The molecule has 1 N–H and O–H groups in total. The lowest BCUT2D eigenvalue weighted by molar-refractivity contribution is 0.0950. The van der Waals surface area contributed by atoms with Gasteiger partial charge in [0.15, 0.2) is 11.6 Å². The van der Waals surface area contributed by atoms with Gasteiger partial charge in [-0.05, 0) is 46.8 Å². The number of benzene rings is 1. The van der Waals surface area contributed by atoms with Crippen molar-refractivity contribution >= 4 is 21.8 Å². The highest BCUT2D eigenvalue weighted by atomic mass is 79.9. The Bertz CT molecular complexity index is 432. The number of carbonyl (C=O) groups excluding carboxylic acids is 1. The van der Waals surface area contributed by atoms with Crippen LogP contribution in [0.5, 0.6) is 0 Å². The third-order valence-electron chi connectivity index (χ3n) is 2.50. The molecule has 0 radical (unpaired) electrons. The molecular formula is C11H10BrF2NO. The number of hydrogen-bond donors (Lipinski definition) is 1. The molecule has 5 heteroatoms. The number of rotatable bonds is 3. The van der Waals surface area contributed by atoms with Crippen LogP contribution in [-0.4, -0.2) is 12.5 Å². The van der Waals surface area contributed by atoms with Crippen LogP contribution in [-0.2, 0) is 0 Å². The molecule has 16 heavy (non-hydrogen) atoms. The molecule has 1 saturated carbocycles. The predicted octanol–water partition coefficient (Wildman–Crippen LogP) is 2.87. The lowest BCUT2D eigenvalue weighted by Crippen LogP contribution is -2.26. The predicted molar refractivity (Wildman–Crippen MR) is 59.1 cm³/mol. The Hall–Kier alpha value is -0.970. The molecule has 0 heterocycles. The maximum absolute atomic E-state index is 13.0. The third-order valence-corrected chi connectivity index (χ3v) is 3.16. The molecule has 0 spiro atoms. The lowest BCUT2D eigenvalue weighted by atomic mass is 10.2. The fourth-order valence-corrected chi connectivity index (χ4v) is 1.85. The van der Waals surface area contributed by atoms with Crippen molar-refractivity contribution in [2.24, 2.45) is 5.92 Å². The summed E-state index contributed by atoms with van der Waals surface area (Å²) in [4.78, 5) is 11.6. The minimum absolute atomic E-state index is 0.125. The van der Waals surface area contributed by atoms with Crippen LogP contribution >= 0.6 is 15.9 Å². The first-order valence-electron chi connectivity index (χ1n) is 5.00. The Kier molecular flexibility index (Phi) is 3.23. The molecule has 1 aromatic rings. The summed E-state index contributed by atoms with van der Waals surface area (Å²) in [5, 5.41) is 2.69. The SMILES string of the molecule is O=C(NCC1CC1)c1cc(F)c(F)cc1Br. The van der Waals surface area contributed by atoms with Gasteiger partial charge in [0.25, 0.3) is 5.91 Å². The van der Waals surface area contributed by atoms with Gasteiger partial charge < -0.3 is 5.32 Å². The molecule has 86 valence electrons. The van der Waals surface area contributed by atoms with E-state index >= 15 is 0 Å². The van der Waals surface area contributed by atoms with E-state index in [-0.39, 0.29) is 15.9 Å². The van der Waals surface area contributed by atoms with Crippen LogP contribution in [0.1, 0.15) is 23.2 Å². The maximum Gasteiger partial charge on any atom is 0.252 e. The van der Waals surface area contributed by atoms with Crippen LogP contribution in [0.2, 0.25) is 0 Å². The summed E-state index contributed by atoms with van der Waals surface area (Å²) in [6.45, 7) is 0.601. The van der Waals surface area contributed by atoms with Gasteiger partial charge in [0.1, 0.15) is 0 Å². The van der Waals surface area contributed by atoms with Crippen molar-refractivity contribution < 1.29 is 13.6 Å². The van der Waals surface area contributed by atoms with Crippen molar-refractivity contribution in [2.75, 3.05) is 6.54 Å².